The third kappa shape index (κ3) is 3.85. The van der Waals surface area contributed by atoms with Crippen molar-refractivity contribution in [3.05, 3.63) is 59.2 Å². The molecule has 3 rings (SSSR count). The highest BCUT2D eigenvalue weighted by molar-refractivity contribution is 5.38. The van der Waals surface area contributed by atoms with Crippen LogP contribution in [-0.2, 0) is 6.54 Å². The maximum Gasteiger partial charge on any atom is 0.127 e. The van der Waals surface area contributed by atoms with Crippen molar-refractivity contribution in [1.82, 2.24) is 4.90 Å². The fraction of sp³-hybridized carbons (Fsp3) is 0.368. The van der Waals surface area contributed by atoms with Crippen molar-refractivity contribution >= 4 is 0 Å². The normalized spacial score (nSPS) is 15.3. The molecule has 2 nitrogen and oxygen atoms in total. The molecule has 0 bridgehead atoms. The van der Waals surface area contributed by atoms with Crippen molar-refractivity contribution in [2.75, 3.05) is 13.1 Å². The predicted molar refractivity (Wildman–Crippen MR) is 86.9 cm³/mol. The molecule has 1 fully saturated rings. The Morgan fingerprint density at radius 2 is 1.62 bits per heavy atom. The first-order chi connectivity index (χ1) is 10.2. The highest BCUT2D eigenvalue weighted by atomic mass is 16.5. The molecule has 0 amide bonds. The molecule has 1 saturated heterocycles. The summed E-state index contributed by atoms with van der Waals surface area (Å²) in [5.74, 6) is 1.85. The van der Waals surface area contributed by atoms with E-state index in [0.717, 1.165) is 18.0 Å². The summed E-state index contributed by atoms with van der Waals surface area (Å²) < 4.78 is 6.03. The van der Waals surface area contributed by atoms with E-state index < -0.39 is 0 Å². The molecule has 1 heterocycles. The van der Waals surface area contributed by atoms with Gasteiger partial charge in [0.1, 0.15) is 11.5 Å². The van der Waals surface area contributed by atoms with Crippen LogP contribution in [0.5, 0.6) is 11.5 Å². The van der Waals surface area contributed by atoms with E-state index in [1.165, 1.54) is 42.6 Å². The van der Waals surface area contributed by atoms with Crippen LogP contribution >= 0.6 is 0 Å². The van der Waals surface area contributed by atoms with Crippen molar-refractivity contribution in [2.24, 2.45) is 0 Å². The molecular formula is C19H23NO. The van der Waals surface area contributed by atoms with Gasteiger partial charge in [-0.15, -0.1) is 0 Å². The molecule has 2 aromatic carbocycles. The number of likely N-dealkylation sites (tertiary alicyclic amines) is 1. The lowest BCUT2D eigenvalue weighted by molar-refractivity contribution is 0.331. The van der Waals surface area contributed by atoms with E-state index in [2.05, 4.69) is 55.1 Å². The fourth-order valence-corrected chi connectivity index (χ4v) is 3.03. The fourth-order valence-electron chi connectivity index (χ4n) is 3.03. The number of hydrogen-bond donors (Lipinski definition) is 0. The van der Waals surface area contributed by atoms with Gasteiger partial charge in [0.25, 0.3) is 0 Å². The number of nitrogens with zero attached hydrogens (tertiary/aromatic N) is 1. The van der Waals surface area contributed by atoms with E-state index in [1.54, 1.807) is 0 Å². The number of aryl methyl sites for hydroxylation is 2. The second kappa shape index (κ2) is 6.31. The maximum absolute atomic E-state index is 6.03. The number of rotatable bonds is 4. The summed E-state index contributed by atoms with van der Waals surface area (Å²) in [7, 11) is 0. The lowest BCUT2D eigenvalue weighted by atomic mass is 10.1. The van der Waals surface area contributed by atoms with Gasteiger partial charge < -0.3 is 4.74 Å². The average molecular weight is 281 g/mol. The Morgan fingerprint density at radius 1 is 0.905 bits per heavy atom. The Hall–Kier alpha value is -1.80. The smallest absolute Gasteiger partial charge is 0.127 e. The summed E-state index contributed by atoms with van der Waals surface area (Å²) in [6, 6.07) is 14.8. The van der Waals surface area contributed by atoms with Crippen LogP contribution < -0.4 is 4.74 Å². The predicted octanol–water partition coefficient (Wildman–Crippen LogP) is 4.69. The second-order valence-electron chi connectivity index (χ2n) is 6.06. The first-order valence-electron chi connectivity index (χ1n) is 7.76. The van der Waals surface area contributed by atoms with Gasteiger partial charge in [-0.25, -0.2) is 0 Å². The minimum absolute atomic E-state index is 0.922. The van der Waals surface area contributed by atoms with Gasteiger partial charge in [-0.1, -0.05) is 18.2 Å². The van der Waals surface area contributed by atoms with Crippen molar-refractivity contribution < 1.29 is 4.74 Å². The Kier molecular flexibility index (Phi) is 4.26. The number of hydrogen-bond acceptors (Lipinski definition) is 2. The van der Waals surface area contributed by atoms with Gasteiger partial charge in [0.2, 0.25) is 0 Å². The van der Waals surface area contributed by atoms with Crippen molar-refractivity contribution in [3.8, 4) is 11.5 Å². The first-order valence-corrected chi connectivity index (χ1v) is 7.76. The zero-order valence-electron chi connectivity index (χ0n) is 12.9. The van der Waals surface area contributed by atoms with Gasteiger partial charge in [0.05, 0.1) is 0 Å². The van der Waals surface area contributed by atoms with Crippen LogP contribution in [0.2, 0.25) is 0 Å². The third-order valence-electron chi connectivity index (χ3n) is 3.93. The van der Waals surface area contributed by atoms with E-state index in [0.29, 0.717) is 0 Å². The highest BCUT2D eigenvalue weighted by Gasteiger charge is 2.12. The summed E-state index contributed by atoms with van der Waals surface area (Å²) in [5, 5.41) is 0. The zero-order chi connectivity index (χ0) is 14.7. The molecule has 2 heteroatoms. The number of benzene rings is 2. The SMILES string of the molecule is Cc1cc(C)cc(Oc2cccc(CN3CCCC3)c2)c1. The Bertz CT molecular complexity index is 594. The van der Waals surface area contributed by atoms with Crippen LogP contribution in [0.25, 0.3) is 0 Å². The van der Waals surface area contributed by atoms with E-state index in [9.17, 15) is 0 Å². The summed E-state index contributed by atoms with van der Waals surface area (Å²) in [4.78, 5) is 2.51. The molecule has 2 aromatic rings. The molecule has 0 aliphatic carbocycles. The molecule has 110 valence electrons. The molecule has 0 unspecified atom stereocenters. The van der Waals surface area contributed by atoms with Crippen LogP contribution in [0.4, 0.5) is 0 Å². The topological polar surface area (TPSA) is 12.5 Å². The Morgan fingerprint density at radius 3 is 2.33 bits per heavy atom. The molecule has 0 aromatic heterocycles. The van der Waals surface area contributed by atoms with Crippen molar-refractivity contribution in [3.63, 3.8) is 0 Å². The molecule has 0 radical (unpaired) electrons. The first kappa shape index (κ1) is 14.2. The van der Waals surface area contributed by atoms with Crippen LogP contribution in [0.1, 0.15) is 29.5 Å². The van der Waals surface area contributed by atoms with E-state index in [4.69, 9.17) is 4.74 Å². The average Bonchev–Trinajstić information content (AvgIpc) is 2.90. The van der Waals surface area contributed by atoms with Gasteiger partial charge >= 0.3 is 0 Å². The summed E-state index contributed by atoms with van der Waals surface area (Å²) in [5.41, 5.74) is 3.80. The van der Waals surface area contributed by atoms with Gasteiger partial charge in [-0.05, 0) is 80.7 Å². The van der Waals surface area contributed by atoms with Crippen LogP contribution in [0.15, 0.2) is 42.5 Å². The van der Waals surface area contributed by atoms with Crippen LogP contribution in [-0.4, -0.2) is 18.0 Å². The highest BCUT2D eigenvalue weighted by Crippen LogP contribution is 2.25. The van der Waals surface area contributed by atoms with E-state index >= 15 is 0 Å². The van der Waals surface area contributed by atoms with Gasteiger partial charge in [-0.2, -0.15) is 0 Å². The summed E-state index contributed by atoms with van der Waals surface area (Å²) in [6.07, 6.45) is 2.66. The van der Waals surface area contributed by atoms with Crippen molar-refractivity contribution in [2.45, 2.75) is 33.2 Å². The van der Waals surface area contributed by atoms with E-state index in [-0.39, 0.29) is 0 Å². The molecule has 0 spiro atoms. The van der Waals surface area contributed by atoms with Crippen molar-refractivity contribution in [1.29, 1.82) is 0 Å². The zero-order valence-corrected chi connectivity index (χ0v) is 12.9. The monoisotopic (exact) mass is 281 g/mol. The van der Waals surface area contributed by atoms with Crippen LogP contribution in [0, 0.1) is 13.8 Å². The minimum Gasteiger partial charge on any atom is -0.457 e. The standard InChI is InChI=1S/C19H23NO/c1-15-10-16(2)12-19(11-15)21-18-7-5-6-17(13-18)14-20-8-3-4-9-20/h5-7,10-13H,3-4,8-9,14H2,1-2H3. The number of ether oxygens (including phenoxy) is 1. The Labute approximate surface area is 127 Å². The maximum atomic E-state index is 6.03. The molecule has 1 aliphatic heterocycles. The quantitative estimate of drug-likeness (QED) is 0.806. The van der Waals surface area contributed by atoms with E-state index in [1.807, 2.05) is 6.07 Å². The van der Waals surface area contributed by atoms with Gasteiger partial charge in [-0.3, -0.25) is 4.90 Å². The molecule has 0 N–H and O–H groups in total. The third-order valence-corrected chi connectivity index (χ3v) is 3.93. The van der Waals surface area contributed by atoms with Crippen LogP contribution in [0.3, 0.4) is 0 Å². The molecular weight excluding hydrogens is 258 g/mol. The minimum atomic E-state index is 0.922. The molecule has 0 saturated carbocycles. The second-order valence-corrected chi connectivity index (χ2v) is 6.06. The molecule has 1 aliphatic rings. The molecule has 0 atom stereocenters. The summed E-state index contributed by atoms with van der Waals surface area (Å²) >= 11 is 0. The molecule has 21 heavy (non-hydrogen) atoms. The largest absolute Gasteiger partial charge is 0.457 e. The Balaban J connectivity index is 1.73. The summed E-state index contributed by atoms with van der Waals surface area (Å²) in [6.45, 7) is 7.68. The van der Waals surface area contributed by atoms with Gasteiger partial charge in [0, 0.05) is 6.54 Å². The lowest BCUT2D eigenvalue weighted by Gasteiger charge is -2.15. The lowest BCUT2D eigenvalue weighted by Crippen LogP contribution is -2.18. The van der Waals surface area contributed by atoms with Gasteiger partial charge in [0.15, 0.2) is 0 Å².